The summed E-state index contributed by atoms with van der Waals surface area (Å²) in [4.78, 5) is 13.8. The molecule has 1 aliphatic rings. The fraction of sp³-hybridized carbons (Fsp3) is 0.435. The second-order valence-electron chi connectivity index (χ2n) is 6.92. The van der Waals surface area contributed by atoms with Gasteiger partial charge in [0.05, 0.1) is 6.61 Å². The molecule has 0 radical (unpaired) electrons. The van der Waals surface area contributed by atoms with E-state index in [-0.39, 0.29) is 12.6 Å². The van der Waals surface area contributed by atoms with Gasteiger partial charge >= 0.3 is 5.97 Å². The Morgan fingerprint density at radius 2 is 1.75 bits per heavy atom. The molecule has 1 heterocycles. The largest absolute Gasteiger partial charge is 0.492 e. The average Bonchev–Trinajstić information content (AvgIpc) is 3.22. The molecule has 2 aromatic rings. The molecule has 1 aliphatic heterocycles. The molecule has 0 atom stereocenters. The lowest BCUT2D eigenvalue weighted by molar-refractivity contribution is -0.145. The third-order valence-corrected chi connectivity index (χ3v) is 4.82. The molecule has 150 valence electrons. The van der Waals surface area contributed by atoms with Crippen molar-refractivity contribution in [1.29, 1.82) is 0 Å². The first-order valence-electron chi connectivity index (χ1n) is 10.0. The quantitative estimate of drug-likeness (QED) is 0.586. The van der Waals surface area contributed by atoms with Gasteiger partial charge in [-0.1, -0.05) is 30.3 Å². The van der Waals surface area contributed by atoms with Crippen LogP contribution < -0.4 is 9.47 Å². The van der Waals surface area contributed by atoms with Crippen LogP contribution in [0.3, 0.4) is 0 Å². The van der Waals surface area contributed by atoms with E-state index in [9.17, 15) is 4.79 Å². The summed E-state index contributed by atoms with van der Waals surface area (Å²) in [6.07, 6.45) is 3.39. The van der Waals surface area contributed by atoms with Crippen molar-refractivity contribution in [3.8, 4) is 11.5 Å². The number of carbonyl (C=O) groups is 1. The normalized spacial score (nSPS) is 14.0. The van der Waals surface area contributed by atoms with E-state index in [1.165, 1.54) is 37.1 Å². The molecule has 0 N–H and O–H groups in total. The van der Waals surface area contributed by atoms with Crippen LogP contribution in [0.25, 0.3) is 0 Å². The molecule has 0 spiro atoms. The van der Waals surface area contributed by atoms with E-state index in [0.717, 1.165) is 25.3 Å². The molecule has 1 fully saturated rings. The lowest BCUT2D eigenvalue weighted by atomic mass is 10.0. The summed E-state index contributed by atoms with van der Waals surface area (Å²) < 4.78 is 16.4. The predicted molar refractivity (Wildman–Crippen MR) is 109 cm³/mol. The van der Waals surface area contributed by atoms with Crippen molar-refractivity contribution in [1.82, 2.24) is 4.90 Å². The van der Waals surface area contributed by atoms with Crippen LogP contribution in [0, 0.1) is 0 Å². The zero-order chi connectivity index (χ0) is 19.6. The number of esters is 1. The second kappa shape index (κ2) is 10.7. The molecule has 28 heavy (non-hydrogen) atoms. The van der Waals surface area contributed by atoms with E-state index in [2.05, 4.69) is 11.0 Å². The standard InChI is InChI=1S/C23H29NO4/c1-2-26-23(25)18-28-21-11-9-19(10-12-21)17-20-7-3-4-8-22(20)27-16-15-24-13-5-6-14-24/h3-4,7-12H,2,5-6,13-18H2,1H3. The Morgan fingerprint density at radius 1 is 1.00 bits per heavy atom. The Morgan fingerprint density at radius 3 is 2.50 bits per heavy atom. The maximum Gasteiger partial charge on any atom is 0.344 e. The number of hydrogen-bond donors (Lipinski definition) is 0. The van der Waals surface area contributed by atoms with E-state index in [1.54, 1.807) is 6.92 Å². The number of benzene rings is 2. The van der Waals surface area contributed by atoms with Crippen LogP contribution in [0.1, 0.15) is 30.9 Å². The SMILES string of the molecule is CCOC(=O)COc1ccc(Cc2ccccc2OCCN2CCCC2)cc1. The predicted octanol–water partition coefficient (Wildman–Crippen LogP) is 3.69. The molecule has 0 aliphatic carbocycles. The van der Waals surface area contributed by atoms with Crippen LogP contribution in [-0.2, 0) is 16.0 Å². The van der Waals surface area contributed by atoms with Gasteiger partial charge in [-0.25, -0.2) is 4.79 Å². The van der Waals surface area contributed by atoms with Crippen LogP contribution in [0.15, 0.2) is 48.5 Å². The topological polar surface area (TPSA) is 48.0 Å². The fourth-order valence-electron chi connectivity index (χ4n) is 3.35. The zero-order valence-corrected chi connectivity index (χ0v) is 16.6. The van der Waals surface area contributed by atoms with Crippen LogP contribution >= 0.6 is 0 Å². The molecule has 1 saturated heterocycles. The van der Waals surface area contributed by atoms with Crippen LogP contribution in [0.5, 0.6) is 11.5 Å². The summed E-state index contributed by atoms with van der Waals surface area (Å²) in [5.74, 6) is 1.25. The summed E-state index contributed by atoms with van der Waals surface area (Å²) in [7, 11) is 0. The molecule has 5 heteroatoms. The van der Waals surface area contributed by atoms with Gasteiger partial charge in [-0.3, -0.25) is 4.90 Å². The first-order valence-corrected chi connectivity index (χ1v) is 10.0. The minimum absolute atomic E-state index is 0.0686. The van der Waals surface area contributed by atoms with Crippen LogP contribution in [0.4, 0.5) is 0 Å². The van der Waals surface area contributed by atoms with Gasteiger partial charge in [-0.05, 0) is 62.2 Å². The van der Waals surface area contributed by atoms with Crippen molar-refractivity contribution in [2.45, 2.75) is 26.2 Å². The van der Waals surface area contributed by atoms with Gasteiger partial charge in [0.15, 0.2) is 6.61 Å². The van der Waals surface area contributed by atoms with Crippen molar-refractivity contribution < 1.29 is 19.0 Å². The lowest BCUT2D eigenvalue weighted by Crippen LogP contribution is -2.25. The smallest absolute Gasteiger partial charge is 0.344 e. The molecule has 0 unspecified atom stereocenters. The average molecular weight is 383 g/mol. The minimum Gasteiger partial charge on any atom is -0.492 e. The van der Waals surface area contributed by atoms with E-state index >= 15 is 0 Å². The van der Waals surface area contributed by atoms with Crippen LogP contribution in [-0.4, -0.2) is 50.3 Å². The molecule has 2 aromatic carbocycles. The summed E-state index contributed by atoms with van der Waals surface area (Å²) in [6.45, 7) is 6.16. The Balaban J connectivity index is 1.52. The molecular formula is C23H29NO4. The fourth-order valence-corrected chi connectivity index (χ4v) is 3.35. The number of para-hydroxylation sites is 1. The summed E-state index contributed by atoms with van der Waals surface area (Å²) in [5.41, 5.74) is 2.34. The molecule has 0 saturated carbocycles. The molecule has 0 amide bonds. The number of nitrogens with zero attached hydrogens (tertiary/aromatic N) is 1. The van der Waals surface area contributed by atoms with Gasteiger partial charge in [0.2, 0.25) is 0 Å². The van der Waals surface area contributed by atoms with Gasteiger partial charge in [-0.2, -0.15) is 0 Å². The zero-order valence-electron chi connectivity index (χ0n) is 16.6. The van der Waals surface area contributed by atoms with Crippen molar-refractivity contribution in [3.63, 3.8) is 0 Å². The Bertz CT molecular complexity index is 739. The van der Waals surface area contributed by atoms with E-state index in [1.807, 2.05) is 42.5 Å². The highest BCUT2D eigenvalue weighted by Gasteiger charge is 2.11. The van der Waals surface area contributed by atoms with Crippen molar-refractivity contribution in [3.05, 3.63) is 59.7 Å². The third-order valence-electron chi connectivity index (χ3n) is 4.82. The summed E-state index contributed by atoms with van der Waals surface area (Å²) >= 11 is 0. The van der Waals surface area contributed by atoms with Crippen LogP contribution in [0.2, 0.25) is 0 Å². The molecular weight excluding hydrogens is 354 g/mol. The number of rotatable bonds is 10. The number of ether oxygens (including phenoxy) is 3. The summed E-state index contributed by atoms with van der Waals surface area (Å²) in [5, 5.41) is 0. The van der Waals surface area contributed by atoms with Crippen molar-refractivity contribution in [2.24, 2.45) is 0 Å². The first-order chi connectivity index (χ1) is 13.7. The van der Waals surface area contributed by atoms with Crippen molar-refractivity contribution in [2.75, 3.05) is 39.5 Å². The maximum atomic E-state index is 11.4. The monoisotopic (exact) mass is 383 g/mol. The van der Waals surface area contributed by atoms with Gasteiger partial charge in [0.1, 0.15) is 18.1 Å². The third kappa shape index (κ3) is 6.27. The number of carbonyl (C=O) groups excluding carboxylic acids is 1. The maximum absolute atomic E-state index is 11.4. The molecule has 0 bridgehead atoms. The van der Waals surface area contributed by atoms with Gasteiger partial charge in [-0.15, -0.1) is 0 Å². The van der Waals surface area contributed by atoms with Gasteiger partial charge < -0.3 is 14.2 Å². The Kier molecular flexibility index (Phi) is 7.73. The van der Waals surface area contributed by atoms with Gasteiger partial charge in [0, 0.05) is 13.0 Å². The lowest BCUT2D eigenvalue weighted by Gasteiger charge is -2.16. The Labute approximate surface area is 167 Å². The van der Waals surface area contributed by atoms with E-state index in [0.29, 0.717) is 12.4 Å². The Hall–Kier alpha value is -2.53. The van der Waals surface area contributed by atoms with E-state index in [4.69, 9.17) is 14.2 Å². The molecule has 5 nitrogen and oxygen atoms in total. The highest BCUT2D eigenvalue weighted by molar-refractivity contribution is 5.71. The molecule has 0 aromatic heterocycles. The highest BCUT2D eigenvalue weighted by Crippen LogP contribution is 2.23. The molecule has 3 rings (SSSR count). The summed E-state index contributed by atoms with van der Waals surface area (Å²) in [6, 6.07) is 16.0. The van der Waals surface area contributed by atoms with Crippen molar-refractivity contribution >= 4 is 5.97 Å². The van der Waals surface area contributed by atoms with E-state index < -0.39 is 0 Å². The second-order valence-corrected chi connectivity index (χ2v) is 6.92. The number of hydrogen-bond acceptors (Lipinski definition) is 5. The number of likely N-dealkylation sites (tertiary alicyclic amines) is 1. The highest BCUT2D eigenvalue weighted by atomic mass is 16.6. The van der Waals surface area contributed by atoms with Gasteiger partial charge in [0.25, 0.3) is 0 Å². The minimum atomic E-state index is -0.355. The first kappa shape index (κ1) is 20.2.